The Balaban J connectivity index is 1.64. The molecule has 0 radical (unpaired) electrons. The number of aryl methyl sites for hydroxylation is 2. The van der Waals surface area contributed by atoms with Gasteiger partial charge in [0.15, 0.2) is 0 Å². The van der Waals surface area contributed by atoms with Crippen LogP contribution in [0.4, 0.5) is 0 Å². The van der Waals surface area contributed by atoms with Crippen LogP contribution in [0.25, 0.3) is 0 Å². The number of carbonyl (C=O) groups excluding carboxylic acids is 1. The lowest BCUT2D eigenvalue weighted by Gasteiger charge is -2.31. The molecule has 2 heterocycles. The van der Waals surface area contributed by atoms with E-state index in [0.29, 0.717) is 0 Å². The van der Waals surface area contributed by atoms with Gasteiger partial charge in [0, 0.05) is 4.88 Å². The second-order valence-electron chi connectivity index (χ2n) is 5.80. The summed E-state index contributed by atoms with van der Waals surface area (Å²) in [4.78, 5) is 18.6. The molecule has 1 aliphatic carbocycles. The molecule has 0 spiro atoms. The number of rotatable bonds is 3. The monoisotopic (exact) mass is 291 g/mol. The molecule has 2 aliphatic rings. The lowest BCUT2D eigenvalue weighted by atomic mass is 9.99. The highest BCUT2D eigenvalue weighted by Crippen LogP contribution is 2.30. The average Bonchev–Trinajstić information content (AvgIpc) is 2.91. The van der Waals surface area contributed by atoms with Gasteiger partial charge in [-0.2, -0.15) is 0 Å². The van der Waals surface area contributed by atoms with E-state index in [9.17, 15) is 4.79 Å². The summed E-state index contributed by atoms with van der Waals surface area (Å²) in [6.45, 7) is 8.65. The fourth-order valence-corrected chi connectivity index (χ4v) is 4.41. The minimum atomic E-state index is 0.252. The number of hydrogen-bond donors (Lipinski definition) is 1. The topological polar surface area (TPSA) is 24.8 Å². The molecule has 1 amide bonds. The van der Waals surface area contributed by atoms with Gasteiger partial charge in [0.2, 0.25) is 0 Å². The molecule has 0 bridgehead atoms. The number of hydrogen-bond acceptors (Lipinski definition) is 2. The number of thiophene rings is 1. The molecule has 0 unspecified atom stereocenters. The van der Waals surface area contributed by atoms with Crippen LogP contribution in [-0.4, -0.2) is 43.5 Å². The van der Waals surface area contributed by atoms with Gasteiger partial charge in [0.05, 0.1) is 37.6 Å². The van der Waals surface area contributed by atoms with E-state index in [1.165, 1.54) is 34.6 Å². The third kappa shape index (κ3) is 2.81. The highest BCUT2D eigenvalue weighted by Gasteiger charge is 2.26. The largest absolute Gasteiger partial charge is 0.329 e. The summed E-state index contributed by atoms with van der Waals surface area (Å²) in [6, 6.07) is 2.16. The summed E-state index contributed by atoms with van der Waals surface area (Å²) in [5, 5.41) is 0. The standard InChI is InChI=1S/C16H22N2OS/c1-2-7-17-8-10-18(11-9-17)16(19)15-12-13-5-3-4-6-14(13)20-15/h2,12H,1,3-11H2/p+1. The molecule has 4 heteroatoms. The number of piperazine rings is 1. The Morgan fingerprint density at radius 2 is 2.10 bits per heavy atom. The van der Waals surface area contributed by atoms with Crippen LogP contribution in [0.15, 0.2) is 18.7 Å². The first-order valence-corrected chi connectivity index (χ1v) is 8.45. The van der Waals surface area contributed by atoms with E-state index >= 15 is 0 Å². The summed E-state index contributed by atoms with van der Waals surface area (Å²) >= 11 is 1.73. The van der Waals surface area contributed by atoms with Crippen LogP contribution < -0.4 is 4.90 Å². The molecule has 0 atom stereocenters. The Morgan fingerprint density at radius 3 is 2.80 bits per heavy atom. The first-order chi connectivity index (χ1) is 9.78. The number of nitrogens with zero attached hydrogens (tertiary/aromatic N) is 1. The van der Waals surface area contributed by atoms with Crippen LogP contribution >= 0.6 is 11.3 Å². The minimum absolute atomic E-state index is 0.252. The van der Waals surface area contributed by atoms with E-state index in [0.717, 1.165) is 44.0 Å². The van der Waals surface area contributed by atoms with Crippen LogP contribution in [0.5, 0.6) is 0 Å². The fraction of sp³-hybridized carbons (Fsp3) is 0.562. The third-order valence-electron chi connectivity index (χ3n) is 4.40. The zero-order chi connectivity index (χ0) is 13.9. The summed E-state index contributed by atoms with van der Waals surface area (Å²) in [5.41, 5.74) is 1.43. The number of amides is 1. The second kappa shape index (κ2) is 6.10. The molecule has 0 aromatic carbocycles. The molecule has 0 saturated carbocycles. The molecule has 1 N–H and O–H groups in total. The smallest absolute Gasteiger partial charge is 0.264 e. The Labute approximate surface area is 124 Å². The Bertz CT molecular complexity index is 477. The molecule has 1 aromatic heterocycles. The quantitative estimate of drug-likeness (QED) is 0.831. The average molecular weight is 291 g/mol. The Hall–Kier alpha value is -1.13. The van der Waals surface area contributed by atoms with Crippen LogP contribution in [0.1, 0.15) is 33.0 Å². The van der Waals surface area contributed by atoms with Crippen molar-refractivity contribution >= 4 is 17.2 Å². The van der Waals surface area contributed by atoms with Crippen molar-refractivity contribution in [2.24, 2.45) is 0 Å². The van der Waals surface area contributed by atoms with E-state index in [1.54, 1.807) is 11.3 Å². The van der Waals surface area contributed by atoms with E-state index in [2.05, 4.69) is 12.6 Å². The van der Waals surface area contributed by atoms with Crippen LogP contribution in [0.2, 0.25) is 0 Å². The predicted octanol–water partition coefficient (Wildman–Crippen LogP) is 1.15. The van der Waals surface area contributed by atoms with Gasteiger partial charge in [-0.1, -0.05) is 6.58 Å². The van der Waals surface area contributed by atoms with Gasteiger partial charge >= 0.3 is 0 Å². The molecule has 108 valence electrons. The molecular weight excluding hydrogens is 268 g/mol. The molecule has 3 rings (SSSR count). The van der Waals surface area contributed by atoms with E-state index in [-0.39, 0.29) is 5.91 Å². The zero-order valence-corrected chi connectivity index (χ0v) is 12.8. The van der Waals surface area contributed by atoms with Crippen molar-refractivity contribution < 1.29 is 9.69 Å². The van der Waals surface area contributed by atoms with Crippen molar-refractivity contribution in [2.75, 3.05) is 32.7 Å². The Kier molecular flexibility index (Phi) is 4.22. The van der Waals surface area contributed by atoms with Gasteiger partial charge in [0.1, 0.15) is 0 Å². The SMILES string of the molecule is C=CC[NH+]1CCN(C(=O)c2cc3c(s2)CCCC3)CC1. The number of quaternary nitrogens is 1. The highest BCUT2D eigenvalue weighted by molar-refractivity contribution is 7.14. The van der Waals surface area contributed by atoms with Crippen molar-refractivity contribution in [2.45, 2.75) is 25.7 Å². The van der Waals surface area contributed by atoms with Crippen molar-refractivity contribution in [3.63, 3.8) is 0 Å². The van der Waals surface area contributed by atoms with Gasteiger partial charge in [0.25, 0.3) is 5.91 Å². The maximum Gasteiger partial charge on any atom is 0.264 e. The van der Waals surface area contributed by atoms with Gasteiger partial charge in [-0.25, -0.2) is 0 Å². The fourth-order valence-electron chi connectivity index (χ4n) is 3.19. The minimum Gasteiger partial charge on any atom is -0.329 e. The summed E-state index contributed by atoms with van der Waals surface area (Å²) in [5.74, 6) is 0.252. The first-order valence-electron chi connectivity index (χ1n) is 7.63. The molecule has 20 heavy (non-hydrogen) atoms. The normalized spacial score (nSPS) is 19.7. The maximum atomic E-state index is 12.6. The summed E-state index contributed by atoms with van der Waals surface area (Å²) < 4.78 is 0. The van der Waals surface area contributed by atoms with Crippen molar-refractivity contribution in [3.05, 3.63) is 34.0 Å². The number of carbonyl (C=O) groups is 1. The first kappa shape index (κ1) is 13.8. The van der Waals surface area contributed by atoms with Gasteiger partial charge in [-0.3, -0.25) is 4.79 Å². The number of nitrogens with one attached hydrogen (secondary N) is 1. The van der Waals surface area contributed by atoms with E-state index in [1.807, 2.05) is 11.0 Å². The molecular formula is C16H23N2OS+. The van der Waals surface area contributed by atoms with Gasteiger partial charge < -0.3 is 9.80 Å². The lowest BCUT2D eigenvalue weighted by molar-refractivity contribution is -0.898. The lowest BCUT2D eigenvalue weighted by Crippen LogP contribution is -3.14. The van der Waals surface area contributed by atoms with Gasteiger partial charge in [-0.15, -0.1) is 11.3 Å². The van der Waals surface area contributed by atoms with Crippen LogP contribution in [0, 0.1) is 0 Å². The highest BCUT2D eigenvalue weighted by atomic mass is 32.1. The molecule has 1 saturated heterocycles. The Morgan fingerprint density at radius 1 is 1.35 bits per heavy atom. The molecule has 3 nitrogen and oxygen atoms in total. The van der Waals surface area contributed by atoms with E-state index in [4.69, 9.17) is 0 Å². The van der Waals surface area contributed by atoms with Crippen molar-refractivity contribution in [3.8, 4) is 0 Å². The number of fused-ring (bicyclic) bond motifs is 1. The van der Waals surface area contributed by atoms with E-state index < -0.39 is 0 Å². The van der Waals surface area contributed by atoms with Crippen LogP contribution in [0.3, 0.4) is 0 Å². The predicted molar refractivity (Wildman–Crippen MR) is 82.6 cm³/mol. The second-order valence-corrected chi connectivity index (χ2v) is 6.94. The van der Waals surface area contributed by atoms with Crippen molar-refractivity contribution in [1.82, 2.24) is 4.90 Å². The molecule has 1 aromatic rings. The molecule has 1 fully saturated rings. The third-order valence-corrected chi connectivity index (χ3v) is 5.62. The van der Waals surface area contributed by atoms with Crippen molar-refractivity contribution in [1.29, 1.82) is 0 Å². The summed E-state index contributed by atoms with van der Waals surface area (Å²) in [7, 11) is 0. The van der Waals surface area contributed by atoms with Crippen LogP contribution in [-0.2, 0) is 12.8 Å². The summed E-state index contributed by atoms with van der Waals surface area (Å²) in [6.07, 6.45) is 6.87. The molecule has 1 aliphatic heterocycles. The van der Waals surface area contributed by atoms with Gasteiger partial charge in [-0.05, 0) is 43.4 Å². The zero-order valence-electron chi connectivity index (χ0n) is 12.0. The maximum absolute atomic E-state index is 12.6.